The summed E-state index contributed by atoms with van der Waals surface area (Å²) in [6.07, 6.45) is 4.09. The van der Waals surface area contributed by atoms with E-state index >= 15 is 0 Å². The molecule has 1 aromatic carbocycles. The number of ether oxygens (including phenoxy) is 1. The predicted molar refractivity (Wildman–Crippen MR) is 125 cm³/mol. The number of aromatic nitrogens is 1. The highest BCUT2D eigenvalue weighted by Crippen LogP contribution is 2.40. The number of likely N-dealkylation sites (tertiary alicyclic amines) is 1. The molecule has 2 amide bonds. The van der Waals surface area contributed by atoms with Gasteiger partial charge in [-0.05, 0) is 62.6 Å². The molecule has 0 radical (unpaired) electrons. The number of phenolic OH excluding ortho intramolecular Hbond substituents is 1. The first-order chi connectivity index (χ1) is 16.4. The number of nitrogens with zero attached hydrogens (tertiary/aromatic N) is 2. The minimum Gasteiger partial charge on any atom is -0.508 e. The van der Waals surface area contributed by atoms with Crippen LogP contribution in [0.15, 0.2) is 34.9 Å². The van der Waals surface area contributed by atoms with Gasteiger partial charge in [0, 0.05) is 31.7 Å². The molecule has 1 unspecified atom stereocenters. The molecule has 0 bridgehead atoms. The van der Waals surface area contributed by atoms with Gasteiger partial charge in [0.2, 0.25) is 5.91 Å². The lowest BCUT2D eigenvalue weighted by Gasteiger charge is -2.37. The van der Waals surface area contributed by atoms with Crippen molar-refractivity contribution in [3.8, 4) is 5.75 Å². The molecule has 2 heterocycles. The van der Waals surface area contributed by atoms with Crippen molar-refractivity contribution in [3.63, 3.8) is 0 Å². The minimum atomic E-state index is -0.632. The smallest absolute Gasteiger partial charge is 0.273 e. The molecule has 2 atom stereocenters. The zero-order valence-corrected chi connectivity index (χ0v) is 19.6. The van der Waals surface area contributed by atoms with E-state index in [1.54, 1.807) is 35.2 Å². The van der Waals surface area contributed by atoms with Crippen molar-refractivity contribution in [2.45, 2.75) is 57.0 Å². The SMILES string of the molecule is CCOCC(NC(=O)c1cc(C2CC2)on1)C1CCN(C(=O)[C@@H](N)Cc2ccc(O)cc2)CC1. The van der Waals surface area contributed by atoms with Crippen LogP contribution >= 0.6 is 0 Å². The Morgan fingerprint density at radius 1 is 1.24 bits per heavy atom. The number of rotatable bonds is 10. The van der Waals surface area contributed by atoms with Crippen LogP contribution in [0.1, 0.15) is 60.3 Å². The Kier molecular flexibility index (Phi) is 7.84. The van der Waals surface area contributed by atoms with Crippen molar-refractivity contribution < 1.29 is 24.0 Å². The molecule has 184 valence electrons. The maximum Gasteiger partial charge on any atom is 0.273 e. The summed E-state index contributed by atoms with van der Waals surface area (Å²) in [6.45, 7) is 4.07. The third-order valence-electron chi connectivity index (χ3n) is 6.69. The van der Waals surface area contributed by atoms with Crippen LogP contribution in [-0.4, -0.2) is 65.4 Å². The van der Waals surface area contributed by atoms with Crippen molar-refractivity contribution in [1.82, 2.24) is 15.4 Å². The van der Waals surface area contributed by atoms with Gasteiger partial charge >= 0.3 is 0 Å². The van der Waals surface area contributed by atoms with E-state index in [1.165, 1.54) is 0 Å². The molecule has 1 aliphatic carbocycles. The zero-order valence-electron chi connectivity index (χ0n) is 19.6. The average molecular weight is 471 g/mol. The van der Waals surface area contributed by atoms with Gasteiger partial charge in [0.1, 0.15) is 11.5 Å². The van der Waals surface area contributed by atoms with Gasteiger partial charge in [0.15, 0.2) is 5.69 Å². The second kappa shape index (κ2) is 11.0. The van der Waals surface area contributed by atoms with Gasteiger partial charge in [0.05, 0.1) is 18.7 Å². The van der Waals surface area contributed by atoms with E-state index in [-0.39, 0.29) is 29.5 Å². The Labute approximate surface area is 199 Å². The number of benzene rings is 1. The first kappa shape index (κ1) is 24.2. The van der Waals surface area contributed by atoms with Gasteiger partial charge in [-0.2, -0.15) is 0 Å². The Hall–Kier alpha value is -2.91. The van der Waals surface area contributed by atoms with E-state index < -0.39 is 6.04 Å². The molecule has 2 aromatic rings. The summed E-state index contributed by atoms with van der Waals surface area (Å²) in [7, 11) is 0. The lowest BCUT2D eigenvalue weighted by Crippen LogP contribution is -2.52. The molecule has 9 heteroatoms. The summed E-state index contributed by atoms with van der Waals surface area (Å²) in [5, 5.41) is 16.4. The fourth-order valence-electron chi connectivity index (χ4n) is 4.47. The molecule has 1 aromatic heterocycles. The number of hydrogen-bond donors (Lipinski definition) is 3. The number of phenols is 1. The van der Waals surface area contributed by atoms with E-state index in [0.29, 0.717) is 44.3 Å². The number of carbonyl (C=O) groups is 2. The fourth-order valence-corrected chi connectivity index (χ4v) is 4.47. The highest BCUT2D eigenvalue weighted by Gasteiger charge is 2.33. The maximum atomic E-state index is 12.9. The monoisotopic (exact) mass is 470 g/mol. The van der Waals surface area contributed by atoms with Gasteiger partial charge < -0.3 is 30.3 Å². The number of carbonyl (C=O) groups excluding carboxylic acids is 2. The third kappa shape index (κ3) is 6.15. The van der Waals surface area contributed by atoms with Crippen LogP contribution in [0.25, 0.3) is 0 Å². The topological polar surface area (TPSA) is 131 Å². The Morgan fingerprint density at radius 2 is 1.94 bits per heavy atom. The van der Waals surface area contributed by atoms with E-state index in [4.69, 9.17) is 15.0 Å². The Balaban J connectivity index is 1.30. The van der Waals surface area contributed by atoms with E-state index in [9.17, 15) is 14.7 Å². The third-order valence-corrected chi connectivity index (χ3v) is 6.69. The van der Waals surface area contributed by atoms with E-state index in [1.807, 2.05) is 6.92 Å². The quantitative estimate of drug-likeness (QED) is 0.485. The van der Waals surface area contributed by atoms with E-state index in [0.717, 1.165) is 37.0 Å². The van der Waals surface area contributed by atoms with Crippen molar-refractivity contribution >= 4 is 11.8 Å². The normalized spacial score (nSPS) is 18.5. The Bertz CT molecular complexity index is 964. The molecule has 0 spiro atoms. The molecule has 4 rings (SSSR count). The lowest BCUT2D eigenvalue weighted by molar-refractivity contribution is -0.134. The molecular weight excluding hydrogens is 436 g/mol. The van der Waals surface area contributed by atoms with Crippen LogP contribution in [0.2, 0.25) is 0 Å². The molecule has 1 saturated heterocycles. The summed E-state index contributed by atoms with van der Waals surface area (Å²) in [4.78, 5) is 27.5. The molecule has 2 fully saturated rings. The predicted octanol–water partition coefficient (Wildman–Crippen LogP) is 2.20. The molecule has 9 nitrogen and oxygen atoms in total. The van der Waals surface area contributed by atoms with Crippen LogP contribution in [0, 0.1) is 5.92 Å². The maximum absolute atomic E-state index is 12.9. The minimum absolute atomic E-state index is 0.0767. The first-order valence-electron chi connectivity index (χ1n) is 12.1. The standard InChI is InChI=1S/C25H34N4O5/c1-2-33-15-22(27-24(31)21-14-23(34-28-21)18-5-6-18)17-9-11-29(12-10-17)25(32)20(26)13-16-3-7-19(30)8-4-16/h3-4,7-8,14,17-18,20,22,30H,2,5-6,9-13,15,26H2,1H3,(H,27,31)/t20-,22?/m0/s1. The van der Waals surface area contributed by atoms with Gasteiger partial charge in [-0.15, -0.1) is 0 Å². The summed E-state index contributed by atoms with van der Waals surface area (Å²) in [5.74, 6) is 1.22. The van der Waals surface area contributed by atoms with E-state index in [2.05, 4.69) is 10.5 Å². The number of piperidine rings is 1. The zero-order chi connectivity index (χ0) is 24.1. The lowest BCUT2D eigenvalue weighted by atomic mass is 9.89. The summed E-state index contributed by atoms with van der Waals surface area (Å²) < 4.78 is 11.0. The highest BCUT2D eigenvalue weighted by molar-refractivity contribution is 5.92. The number of nitrogens with one attached hydrogen (secondary N) is 1. The number of amides is 2. The van der Waals surface area contributed by atoms with Crippen molar-refractivity contribution in [2.24, 2.45) is 11.7 Å². The second-order valence-electron chi connectivity index (χ2n) is 9.27. The van der Waals surface area contributed by atoms with Crippen molar-refractivity contribution in [1.29, 1.82) is 0 Å². The van der Waals surface area contributed by atoms with Crippen molar-refractivity contribution in [3.05, 3.63) is 47.3 Å². The molecule has 34 heavy (non-hydrogen) atoms. The molecule has 2 aliphatic rings. The average Bonchev–Trinajstić information content (AvgIpc) is 3.58. The first-order valence-corrected chi connectivity index (χ1v) is 12.1. The van der Waals surface area contributed by atoms with Gasteiger partial charge in [-0.25, -0.2) is 0 Å². The highest BCUT2D eigenvalue weighted by atomic mass is 16.5. The van der Waals surface area contributed by atoms with Crippen LogP contribution in [0.3, 0.4) is 0 Å². The largest absolute Gasteiger partial charge is 0.508 e. The Morgan fingerprint density at radius 3 is 2.59 bits per heavy atom. The number of hydrogen-bond acceptors (Lipinski definition) is 7. The molecule has 1 aliphatic heterocycles. The van der Waals surface area contributed by atoms with Crippen LogP contribution in [0.4, 0.5) is 0 Å². The summed E-state index contributed by atoms with van der Waals surface area (Å²) in [6, 6.07) is 7.68. The van der Waals surface area contributed by atoms with Gasteiger partial charge in [-0.1, -0.05) is 17.3 Å². The molecular formula is C25H34N4O5. The number of aromatic hydroxyl groups is 1. The van der Waals surface area contributed by atoms with Crippen LogP contribution < -0.4 is 11.1 Å². The summed E-state index contributed by atoms with van der Waals surface area (Å²) in [5.41, 5.74) is 7.40. The number of nitrogens with two attached hydrogens (primary N) is 1. The second-order valence-corrected chi connectivity index (χ2v) is 9.27. The van der Waals surface area contributed by atoms with Gasteiger partial charge in [-0.3, -0.25) is 9.59 Å². The van der Waals surface area contributed by atoms with Crippen LogP contribution in [-0.2, 0) is 16.0 Å². The molecule has 1 saturated carbocycles. The summed E-state index contributed by atoms with van der Waals surface area (Å²) >= 11 is 0. The van der Waals surface area contributed by atoms with Gasteiger partial charge in [0.25, 0.3) is 5.91 Å². The fraction of sp³-hybridized carbons (Fsp3) is 0.560. The molecule has 4 N–H and O–H groups in total. The van der Waals surface area contributed by atoms with Crippen molar-refractivity contribution in [2.75, 3.05) is 26.3 Å². The van der Waals surface area contributed by atoms with Crippen LogP contribution in [0.5, 0.6) is 5.75 Å².